The summed E-state index contributed by atoms with van der Waals surface area (Å²) in [5, 5.41) is 9.68. The Bertz CT molecular complexity index is 400. The van der Waals surface area contributed by atoms with Crippen molar-refractivity contribution in [2.75, 3.05) is 13.7 Å². The van der Waals surface area contributed by atoms with Crippen molar-refractivity contribution in [3.8, 4) is 11.5 Å². The van der Waals surface area contributed by atoms with Crippen LogP contribution in [-0.2, 0) is 6.54 Å². The predicted molar refractivity (Wildman–Crippen MR) is 84.3 cm³/mol. The molecule has 1 aromatic rings. The Hall–Kier alpha value is -1.22. The summed E-state index contributed by atoms with van der Waals surface area (Å²) in [7, 11) is 1.59. The first-order chi connectivity index (χ1) is 9.51. The number of ether oxygens (including phenoxy) is 1. The third kappa shape index (κ3) is 4.71. The van der Waals surface area contributed by atoms with Gasteiger partial charge in [-0.25, -0.2) is 0 Å². The molecule has 0 aromatic heterocycles. The molecule has 0 atom stereocenters. The summed E-state index contributed by atoms with van der Waals surface area (Å²) in [4.78, 5) is 2.54. The van der Waals surface area contributed by atoms with E-state index < -0.39 is 0 Å². The molecule has 0 heterocycles. The highest BCUT2D eigenvalue weighted by Gasteiger charge is 2.17. The Labute approximate surface area is 123 Å². The van der Waals surface area contributed by atoms with Gasteiger partial charge in [0.05, 0.1) is 7.11 Å². The Morgan fingerprint density at radius 2 is 1.85 bits per heavy atom. The van der Waals surface area contributed by atoms with Gasteiger partial charge in [0, 0.05) is 19.1 Å². The molecule has 1 N–H and O–H groups in total. The monoisotopic (exact) mass is 279 g/mol. The number of hydrogen-bond acceptors (Lipinski definition) is 3. The van der Waals surface area contributed by atoms with E-state index in [-0.39, 0.29) is 5.75 Å². The van der Waals surface area contributed by atoms with Gasteiger partial charge in [-0.1, -0.05) is 33.8 Å². The average Bonchev–Trinajstić information content (AvgIpc) is 2.41. The number of phenolic OH excluding ortho intramolecular Hbond substituents is 1. The lowest BCUT2D eigenvalue weighted by molar-refractivity contribution is 0.157. The highest BCUT2D eigenvalue weighted by atomic mass is 16.5. The summed E-state index contributed by atoms with van der Waals surface area (Å²) in [5.41, 5.74) is 1.19. The smallest absolute Gasteiger partial charge is 0.160 e. The second kappa shape index (κ2) is 8.15. The quantitative estimate of drug-likeness (QED) is 0.779. The lowest BCUT2D eigenvalue weighted by atomic mass is 10.1. The molecule has 114 valence electrons. The molecule has 0 fully saturated rings. The molecule has 1 aromatic carbocycles. The molecule has 0 saturated heterocycles. The molecular formula is C17H29NO2. The molecule has 0 aliphatic carbocycles. The van der Waals surface area contributed by atoms with Crippen molar-refractivity contribution < 1.29 is 9.84 Å². The molecule has 0 unspecified atom stereocenters. The molecule has 20 heavy (non-hydrogen) atoms. The van der Waals surface area contributed by atoms with E-state index in [0.29, 0.717) is 17.7 Å². The molecule has 0 aliphatic rings. The van der Waals surface area contributed by atoms with Crippen LogP contribution in [0.3, 0.4) is 0 Å². The highest BCUT2D eigenvalue weighted by molar-refractivity contribution is 5.41. The normalized spacial score (nSPS) is 11.6. The Morgan fingerprint density at radius 3 is 2.35 bits per heavy atom. The maximum Gasteiger partial charge on any atom is 0.160 e. The second-order valence-electron chi connectivity index (χ2n) is 5.80. The standard InChI is InChI=1S/C17H29NO2/c1-6-15(7-2)18(11-13(3)4)12-14-8-9-16(19)17(10-14)20-5/h8-10,13,15,19H,6-7,11-12H2,1-5H3. The summed E-state index contributed by atoms with van der Waals surface area (Å²) in [6.45, 7) is 11.0. The van der Waals surface area contributed by atoms with E-state index in [1.165, 1.54) is 18.4 Å². The predicted octanol–water partition coefficient (Wildman–Crippen LogP) is 4.05. The van der Waals surface area contributed by atoms with Gasteiger partial charge in [0.1, 0.15) is 0 Å². The van der Waals surface area contributed by atoms with E-state index in [2.05, 4.69) is 32.6 Å². The summed E-state index contributed by atoms with van der Waals surface area (Å²) in [6, 6.07) is 6.24. The topological polar surface area (TPSA) is 32.7 Å². The molecular weight excluding hydrogens is 250 g/mol. The third-order valence-electron chi connectivity index (χ3n) is 3.69. The Kier molecular flexibility index (Phi) is 6.86. The van der Waals surface area contributed by atoms with Gasteiger partial charge in [-0.2, -0.15) is 0 Å². The van der Waals surface area contributed by atoms with Gasteiger partial charge in [-0.05, 0) is 36.5 Å². The number of nitrogens with zero attached hydrogens (tertiary/aromatic N) is 1. The van der Waals surface area contributed by atoms with Crippen molar-refractivity contribution >= 4 is 0 Å². The first-order valence-electron chi connectivity index (χ1n) is 7.61. The van der Waals surface area contributed by atoms with E-state index in [4.69, 9.17) is 4.74 Å². The van der Waals surface area contributed by atoms with E-state index >= 15 is 0 Å². The largest absolute Gasteiger partial charge is 0.504 e. The number of rotatable bonds is 8. The number of hydrogen-bond donors (Lipinski definition) is 1. The molecule has 1 rings (SSSR count). The zero-order chi connectivity index (χ0) is 15.1. The summed E-state index contributed by atoms with van der Waals surface area (Å²) < 4.78 is 5.19. The van der Waals surface area contributed by atoms with Gasteiger partial charge in [-0.15, -0.1) is 0 Å². The van der Waals surface area contributed by atoms with E-state index in [1.807, 2.05) is 12.1 Å². The summed E-state index contributed by atoms with van der Waals surface area (Å²) in [5.74, 6) is 1.40. The zero-order valence-corrected chi connectivity index (χ0v) is 13.5. The molecule has 3 nitrogen and oxygen atoms in total. The Balaban J connectivity index is 2.88. The third-order valence-corrected chi connectivity index (χ3v) is 3.69. The van der Waals surface area contributed by atoms with Crippen LogP contribution in [0, 0.1) is 5.92 Å². The van der Waals surface area contributed by atoms with E-state index in [0.717, 1.165) is 13.1 Å². The molecule has 0 radical (unpaired) electrons. The van der Waals surface area contributed by atoms with Crippen molar-refractivity contribution in [1.82, 2.24) is 4.90 Å². The Morgan fingerprint density at radius 1 is 1.20 bits per heavy atom. The van der Waals surface area contributed by atoms with Crippen LogP contribution in [-0.4, -0.2) is 29.7 Å². The van der Waals surface area contributed by atoms with Crippen molar-refractivity contribution in [3.05, 3.63) is 23.8 Å². The maximum atomic E-state index is 9.68. The van der Waals surface area contributed by atoms with Crippen molar-refractivity contribution in [3.63, 3.8) is 0 Å². The minimum absolute atomic E-state index is 0.203. The molecule has 0 amide bonds. The van der Waals surface area contributed by atoms with Gasteiger partial charge < -0.3 is 9.84 Å². The van der Waals surface area contributed by atoms with Gasteiger partial charge in [0.2, 0.25) is 0 Å². The molecule has 0 bridgehead atoms. The van der Waals surface area contributed by atoms with Gasteiger partial charge in [-0.3, -0.25) is 4.90 Å². The minimum atomic E-state index is 0.203. The molecule has 0 spiro atoms. The fourth-order valence-corrected chi connectivity index (χ4v) is 2.67. The first-order valence-corrected chi connectivity index (χ1v) is 7.61. The van der Waals surface area contributed by atoms with Gasteiger partial charge >= 0.3 is 0 Å². The van der Waals surface area contributed by atoms with Crippen LogP contribution in [0.1, 0.15) is 46.1 Å². The van der Waals surface area contributed by atoms with E-state index in [1.54, 1.807) is 13.2 Å². The van der Waals surface area contributed by atoms with Crippen LogP contribution < -0.4 is 4.74 Å². The van der Waals surface area contributed by atoms with Crippen LogP contribution in [0.5, 0.6) is 11.5 Å². The number of aromatic hydroxyl groups is 1. The molecule has 0 saturated carbocycles. The van der Waals surface area contributed by atoms with Gasteiger partial charge in [0.25, 0.3) is 0 Å². The summed E-state index contributed by atoms with van der Waals surface area (Å²) >= 11 is 0. The number of phenols is 1. The maximum absolute atomic E-state index is 9.68. The second-order valence-corrected chi connectivity index (χ2v) is 5.80. The molecule has 0 aliphatic heterocycles. The van der Waals surface area contributed by atoms with Crippen LogP contribution in [0.2, 0.25) is 0 Å². The zero-order valence-electron chi connectivity index (χ0n) is 13.5. The van der Waals surface area contributed by atoms with Crippen molar-refractivity contribution in [1.29, 1.82) is 0 Å². The van der Waals surface area contributed by atoms with Gasteiger partial charge in [0.15, 0.2) is 11.5 Å². The molecule has 3 heteroatoms. The van der Waals surface area contributed by atoms with Crippen LogP contribution in [0.15, 0.2) is 18.2 Å². The number of methoxy groups -OCH3 is 1. The lowest BCUT2D eigenvalue weighted by Gasteiger charge is -2.32. The average molecular weight is 279 g/mol. The minimum Gasteiger partial charge on any atom is -0.504 e. The van der Waals surface area contributed by atoms with E-state index in [9.17, 15) is 5.11 Å². The van der Waals surface area contributed by atoms with Crippen molar-refractivity contribution in [2.45, 2.75) is 53.1 Å². The number of benzene rings is 1. The van der Waals surface area contributed by atoms with Crippen LogP contribution >= 0.6 is 0 Å². The fraction of sp³-hybridized carbons (Fsp3) is 0.647. The lowest BCUT2D eigenvalue weighted by Crippen LogP contribution is -2.36. The van der Waals surface area contributed by atoms with Crippen LogP contribution in [0.25, 0.3) is 0 Å². The highest BCUT2D eigenvalue weighted by Crippen LogP contribution is 2.27. The summed E-state index contributed by atoms with van der Waals surface area (Å²) in [6.07, 6.45) is 2.33. The first kappa shape index (κ1) is 16.8. The van der Waals surface area contributed by atoms with Crippen molar-refractivity contribution in [2.24, 2.45) is 5.92 Å². The SMILES string of the molecule is CCC(CC)N(Cc1ccc(O)c(OC)c1)CC(C)C. The fourth-order valence-electron chi connectivity index (χ4n) is 2.67. The van der Waals surface area contributed by atoms with Crippen LogP contribution in [0.4, 0.5) is 0 Å².